The van der Waals surface area contributed by atoms with E-state index < -0.39 is 0 Å². The van der Waals surface area contributed by atoms with Crippen LogP contribution in [0.15, 0.2) is 28.7 Å². The van der Waals surface area contributed by atoms with Gasteiger partial charge in [0.25, 0.3) is 0 Å². The third kappa shape index (κ3) is 2.75. The van der Waals surface area contributed by atoms with Crippen LogP contribution in [0.2, 0.25) is 0 Å². The summed E-state index contributed by atoms with van der Waals surface area (Å²) in [5.74, 6) is 0. The van der Waals surface area contributed by atoms with Crippen LogP contribution in [0.1, 0.15) is 5.56 Å². The van der Waals surface area contributed by atoms with Crippen molar-refractivity contribution in [3.8, 4) is 0 Å². The van der Waals surface area contributed by atoms with E-state index in [0.717, 1.165) is 16.3 Å². The van der Waals surface area contributed by atoms with Crippen LogP contribution in [0.5, 0.6) is 0 Å². The average Bonchev–Trinajstić information content (AvgIpc) is 2.04. The SMILES string of the molecule is N[C@H](C=O)Cc1cccc(Br)c1. The summed E-state index contributed by atoms with van der Waals surface area (Å²) in [4.78, 5) is 10.3. The largest absolute Gasteiger partial charge is 0.321 e. The van der Waals surface area contributed by atoms with Crippen molar-refractivity contribution < 1.29 is 4.79 Å². The summed E-state index contributed by atoms with van der Waals surface area (Å²) >= 11 is 3.34. The lowest BCUT2D eigenvalue weighted by Gasteiger charge is -2.03. The van der Waals surface area contributed by atoms with Crippen LogP contribution in [0.3, 0.4) is 0 Å². The fourth-order valence-electron chi connectivity index (χ4n) is 0.984. The third-order valence-corrected chi connectivity index (χ3v) is 2.03. The van der Waals surface area contributed by atoms with Gasteiger partial charge in [-0.15, -0.1) is 0 Å². The first-order valence-corrected chi connectivity index (χ1v) is 4.47. The molecule has 0 aliphatic rings. The van der Waals surface area contributed by atoms with Gasteiger partial charge in [-0.3, -0.25) is 0 Å². The first kappa shape index (κ1) is 9.42. The molecule has 2 nitrogen and oxygen atoms in total. The minimum atomic E-state index is -0.390. The highest BCUT2D eigenvalue weighted by molar-refractivity contribution is 9.10. The van der Waals surface area contributed by atoms with Crippen molar-refractivity contribution in [1.29, 1.82) is 0 Å². The Morgan fingerprint density at radius 1 is 1.58 bits per heavy atom. The summed E-state index contributed by atoms with van der Waals surface area (Å²) in [5.41, 5.74) is 6.54. The Balaban J connectivity index is 2.69. The third-order valence-electron chi connectivity index (χ3n) is 1.54. The Kier molecular flexibility index (Phi) is 3.44. The molecule has 64 valence electrons. The molecule has 3 heteroatoms. The van der Waals surface area contributed by atoms with Gasteiger partial charge in [0.05, 0.1) is 6.04 Å². The fraction of sp³-hybridized carbons (Fsp3) is 0.222. The molecule has 12 heavy (non-hydrogen) atoms. The van der Waals surface area contributed by atoms with E-state index in [4.69, 9.17) is 5.73 Å². The molecule has 1 rings (SSSR count). The minimum absolute atomic E-state index is 0.390. The molecule has 1 aromatic rings. The fourth-order valence-corrected chi connectivity index (χ4v) is 1.43. The molecule has 0 unspecified atom stereocenters. The summed E-state index contributed by atoms with van der Waals surface area (Å²) < 4.78 is 1.01. The van der Waals surface area contributed by atoms with Crippen molar-refractivity contribution in [2.45, 2.75) is 12.5 Å². The zero-order chi connectivity index (χ0) is 8.97. The predicted octanol–water partition coefficient (Wildman–Crippen LogP) is 1.52. The Labute approximate surface area is 79.9 Å². The molecule has 1 aromatic carbocycles. The van der Waals surface area contributed by atoms with E-state index in [1.165, 1.54) is 0 Å². The van der Waals surface area contributed by atoms with Gasteiger partial charge in [0.2, 0.25) is 0 Å². The number of rotatable bonds is 3. The molecule has 0 saturated carbocycles. The molecule has 0 aliphatic heterocycles. The number of hydrogen-bond donors (Lipinski definition) is 1. The number of halogens is 1. The van der Waals surface area contributed by atoms with Gasteiger partial charge in [-0.2, -0.15) is 0 Å². The maximum atomic E-state index is 10.3. The molecular weight excluding hydrogens is 218 g/mol. The maximum absolute atomic E-state index is 10.3. The lowest BCUT2D eigenvalue weighted by atomic mass is 10.1. The number of nitrogens with two attached hydrogens (primary N) is 1. The van der Waals surface area contributed by atoms with Crippen LogP contribution in [-0.2, 0) is 11.2 Å². The van der Waals surface area contributed by atoms with E-state index >= 15 is 0 Å². The molecule has 0 spiro atoms. The van der Waals surface area contributed by atoms with E-state index in [9.17, 15) is 4.79 Å². The number of carbonyl (C=O) groups excluding carboxylic acids is 1. The molecule has 2 N–H and O–H groups in total. The molecule has 0 amide bonds. The maximum Gasteiger partial charge on any atom is 0.137 e. The molecule has 0 bridgehead atoms. The second-order valence-electron chi connectivity index (χ2n) is 2.63. The van der Waals surface area contributed by atoms with Crippen molar-refractivity contribution >= 4 is 22.2 Å². The molecule has 0 heterocycles. The van der Waals surface area contributed by atoms with Crippen molar-refractivity contribution in [2.75, 3.05) is 0 Å². The minimum Gasteiger partial charge on any atom is -0.321 e. The predicted molar refractivity (Wildman–Crippen MR) is 51.9 cm³/mol. The van der Waals surface area contributed by atoms with Gasteiger partial charge in [0.1, 0.15) is 6.29 Å². The first-order valence-electron chi connectivity index (χ1n) is 3.67. The topological polar surface area (TPSA) is 43.1 Å². The smallest absolute Gasteiger partial charge is 0.137 e. The van der Waals surface area contributed by atoms with Crippen molar-refractivity contribution in [1.82, 2.24) is 0 Å². The van der Waals surface area contributed by atoms with E-state index in [-0.39, 0.29) is 6.04 Å². The number of hydrogen-bond acceptors (Lipinski definition) is 2. The van der Waals surface area contributed by atoms with Crippen molar-refractivity contribution in [2.24, 2.45) is 5.73 Å². The van der Waals surface area contributed by atoms with Gasteiger partial charge in [-0.25, -0.2) is 0 Å². The van der Waals surface area contributed by atoms with E-state index in [0.29, 0.717) is 6.42 Å². The van der Waals surface area contributed by atoms with Gasteiger partial charge in [0, 0.05) is 4.47 Å². The summed E-state index contributed by atoms with van der Waals surface area (Å²) in [5, 5.41) is 0. The molecular formula is C9H10BrNO. The molecule has 1 atom stereocenters. The molecule has 0 aromatic heterocycles. The standard InChI is InChI=1S/C9H10BrNO/c10-8-3-1-2-7(4-8)5-9(11)6-12/h1-4,6,9H,5,11H2/t9-/m0/s1. The van der Waals surface area contributed by atoms with Gasteiger partial charge in [0.15, 0.2) is 0 Å². The van der Waals surface area contributed by atoms with Gasteiger partial charge in [-0.05, 0) is 24.1 Å². The van der Waals surface area contributed by atoms with E-state index in [2.05, 4.69) is 15.9 Å². The summed E-state index contributed by atoms with van der Waals surface area (Å²) in [6.45, 7) is 0. The molecule has 0 saturated heterocycles. The number of aldehydes is 1. The molecule has 0 fully saturated rings. The molecule has 0 radical (unpaired) electrons. The highest BCUT2D eigenvalue weighted by Crippen LogP contribution is 2.12. The Bertz CT molecular complexity index is 275. The lowest BCUT2D eigenvalue weighted by Crippen LogP contribution is -2.23. The number of benzene rings is 1. The first-order chi connectivity index (χ1) is 5.72. The Hall–Kier alpha value is -0.670. The second-order valence-corrected chi connectivity index (χ2v) is 3.55. The highest BCUT2D eigenvalue weighted by Gasteiger charge is 2.01. The van der Waals surface area contributed by atoms with Gasteiger partial charge < -0.3 is 10.5 Å². The molecule has 0 aliphatic carbocycles. The average molecular weight is 228 g/mol. The lowest BCUT2D eigenvalue weighted by molar-refractivity contribution is -0.108. The number of carbonyl (C=O) groups is 1. The summed E-state index contributed by atoms with van der Waals surface area (Å²) in [6.07, 6.45) is 1.36. The highest BCUT2D eigenvalue weighted by atomic mass is 79.9. The van der Waals surface area contributed by atoms with Gasteiger partial charge >= 0.3 is 0 Å². The Morgan fingerprint density at radius 3 is 2.92 bits per heavy atom. The van der Waals surface area contributed by atoms with Crippen LogP contribution < -0.4 is 5.73 Å². The van der Waals surface area contributed by atoms with E-state index in [1.807, 2.05) is 24.3 Å². The normalized spacial score (nSPS) is 12.5. The quantitative estimate of drug-likeness (QED) is 0.797. The second kappa shape index (κ2) is 4.38. The van der Waals surface area contributed by atoms with Crippen LogP contribution in [0.4, 0.5) is 0 Å². The van der Waals surface area contributed by atoms with Crippen LogP contribution in [-0.4, -0.2) is 12.3 Å². The Morgan fingerprint density at radius 2 is 2.33 bits per heavy atom. The van der Waals surface area contributed by atoms with Crippen molar-refractivity contribution in [3.63, 3.8) is 0 Å². The summed E-state index contributed by atoms with van der Waals surface area (Å²) in [6, 6.07) is 7.39. The zero-order valence-corrected chi connectivity index (χ0v) is 8.12. The van der Waals surface area contributed by atoms with E-state index in [1.54, 1.807) is 0 Å². The van der Waals surface area contributed by atoms with Gasteiger partial charge in [-0.1, -0.05) is 28.1 Å². The van der Waals surface area contributed by atoms with Crippen molar-refractivity contribution in [3.05, 3.63) is 34.3 Å². The van der Waals surface area contributed by atoms with Crippen LogP contribution >= 0.6 is 15.9 Å². The van der Waals surface area contributed by atoms with Crippen LogP contribution in [0, 0.1) is 0 Å². The zero-order valence-electron chi connectivity index (χ0n) is 6.53. The van der Waals surface area contributed by atoms with Crippen LogP contribution in [0.25, 0.3) is 0 Å². The monoisotopic (exact) mass is 227 g/mol. The summed E-state index contributed by atoms with van der Waals surface area (Å²) in [7, 11) is 0.